The Hall–Kier alpha value is -2.00. The Morgan fingerprint density at radius 2 is 2.10 bits per heavy atom. The van der Waals surface area contributed by atoms with Crippen LogP contribution in [-0.4, -0.2) is 32.9 Å². The standard InChI is InChI=1S/C15H22FN3O2/c1-11(2)21-15-10-14(13(18)9-12(15)16)19(6-4-5-17)7-8-20-3/h9-11H,4,6-8,18H2,1-3H3. The Kier molecular flexibility index (Phi) is 6.76. The summed E-state index contributed by atoms with van der Waals surface area (Å²) in [5.41, 5.74) is 6.87. The molecular weight excluding hydrogens is 273 g/mol. The summed E-state index contributed by atoms with van der Waals surface area (Å²) in [5, 5.41) is 8.75. The SMILES string of the molecule is COCCN(CCC#N)c1cc(OC(C)C)c(F)cc1N. The van der Waals surface area contributed by atoms with Crippen molar-refractivity contribution in [1.82, 2.24) is 0 Å². The Labute approximate surface area is 125 Å². The van der Waals surface area contributed by atoms with Crippen LogP contribution in [-0.2, 0) is 4.74 Å². The van der Waals surface area contributed by atoms with E-state index in [1.165, 1.54) is 6.07 Å². The van der Waals surface area contributed by atoms with Crippen molar-refractivity contribution in [3.8, 4) is 11.8 Å². The van der Waals surface area contributed by atoms with Gasteiger partial charge in [0.25, 0.3) is 0 Å². The lowest BCUT2D eigenvalue weighted by molar-refractivity contribution is 0.205. The summed E-state index contributed by atoms with van der Waals surface area (Å²) in [6, 6.07) is 4.92. The highest BCUT2D eigenvalue weighted by Crippen LogP contribution is 2.31. The molecular formula is C15H22FN3O2. The predicted octanol–water partition coefficient (Wildman–Crippen LogP) is 2.56. The Morgan fingerprint density at radius 3 is 2.67 bits per heavy atom. The number of nitriles is 1. The van der Waals surface area contributed by atoms with Crippen molar-refractivity contribution < 1.29 is 13.9 Å². The highest BCUT2D eigenvalue weighted by molar-refractivity contribution is 5.70. The van der Waals surface area contributed by atoms with Crippen LogP contribution in [0.2, 0.25) is 0 Å². The van der Waals surface area contributed by atoms with Gasteiger partial charge < -0.3 is 20.1 Å². The van der Waals surface area contributed by atoms with E-state index in [9.17, 15) is 4.39 Å². The molecule has 0 aliphatic rings. The summed E-state index contributed by atoms with van der Waals surface area (Å²) in [6.07, 6.45) is 0.212. The van der Waals surface area contributed by atoms with Crippen LogP contribution >= 0.6 is 0 Å². The number of methoxy groups -OCH3 is 1. The van der Waals surface area contributed by atoms with Gasteiger partial charge in [-0.2, -0.15) is 5.26 Å². The van der Waals surface area contributed by atoms with Crippen molar-refractivity contribution in [1.29, 1.82) is 5.26 Å². The van der Waals surface area contributed by atoms with E-state index in [2.05, 4.69) is 6.07 Å². The number of hydrogen-bond donors (Lipinski definition) is 1. The van der Waals surface area contributed by atoms with Crippen molar-refractivity contribution in [3.05, 3.63) is 17.9 Å². The van der Waals surface area contributed by atoms with Crippen LogP contribution in [0, 0.1) is 17.1 Å². The van der Waals surface area contributed by atoms with Gasteiger partial charge in [-0.1, -0.05) is 0 Å². The van der Waals surface area contributed by atoms with Crippen molar-refractivity contribution in [2.24, 2.45) is 0 Å². The first kappa shape index (κ1) is 17.1. The quantitative estimate of drug-likeness (QED) is 0.746. The van der Waals surface area contributed by atoms with Crippen LogP contribution in [0.5, 0.6) is 5.75 Å². The van der Waals surface area contributed by atoms with Crippen molar-refractivity contribution in [3.63, 3.8) is 0 Å². The van der Waals surface area contributed by atoms with Gasteiger partial charge in [-0.05, 0) is 13.8 Å². The number of rotatable bonds is 8. The lowest BCUT2D eigenvalue weighted by atomic mass is 10.2. The third kappa shape index (κ3) is 5.12. The minimum atomic E-state index is -0.489. The van der Waals surface area contributed by atoms with Gasteiger partial charge >= 0.3 is 0 Å². The summed E-state index contributed by atoms with van der Waals surface area (Å²) < 4.78 is 24.4. The molecule has 0 atom stereocenters. The second-order valence-corrected chi connectivity index (χ2v) is 4.90. The van der Waals surface area contributed by atoms with Gasteiger partial charge in [-0.3, -0.25) is 0 Å². The summed E-state index contributed by atoms with van der Waals surface area (Å²) in [5.74, 6) is -0.328. The smallest absolute Gasteiger partial charge is 0.167 e. The normalized spacial score (nSPS) is 10.5. The van der Waals surface area contributed by atoms with Crippen molar-refractivity contribution in [2.75, 3.05) is 37.4 Å². The zero-order valence-corrected chi connectivity index (χ0v) is 12.7. The van der Waals surface area contributed by atoms with Crippen LogP contribution in [0.1, 0.15) is 20.3 Å². The number of hydrogen-bond acceptors (Lipinski definition) is 5. The molecule has 0 spiro atoms. The molecule has 0 heterocycles. The van der Waals surface area contributed by atoms with Gasteiger partial charge in [0.15, 0.2) is 11.6 Å². The first-order chi connectivity index (χ1) is 9.99. The second-order valence-electron chi connectivity index (χ2n) is 4.90. The molecule has 1 rings (SSSR count). The number of nitrogens with two attached hydrogens (primary N) is 1. The lowest BCUT2D eigenvalue weighted by Crippen LogP contribution is -2.29. The molecule has 0 aliphatic heterocycles. The molecule has 0 amide bonds. The number of nitrogens with zero attached hydrogens (tertiary/aromatic N) is 2. The third-order valence-electron chi connectivity index (χ3n) is 2.84. The van der Waals surface area contributed by atoms with E-state index in [4.69, 9.17) is 20.5 Å². The van der Waals surface area contributed by atoms with Gasteiger partial charge in [-0.15, -0.1) is 0 Å². The van der Waals surface area contributed by atoms with Gasteiger partial charge in [-0.25, -0.2) is 4.39 Å². The maximum atomic E-state index is 13.9. The first-order valence-corrected chi connectivity index (χ1v) is 6.86. The van der Waals surface area contributed by atoms with E-state index in [1.54, 1.807) is 13.2 Å². The maximum absolute atomic E-state index is 13.9. The summed E-state index contributed by atoms with van der Waals surface area (Å²) in [7, 11) is 1.60. The fraction of sp³-hybridized carbons (Fsp3) is 0.533. The van der Waals surface area contributed by atoms with Gasteiger partial charge in [0.05, 0.1) is 36.6 Å². The first-order valence-electron chi connectivity index (χ1n) is 6.86. The summed E-state index contributed by atoms with van der Waals surface area (Å²) in [6.45, 7) is 5.20. The van der Waals surface area contributed by atoms with E-state index in [1.807, 2.05) is 18.7 Å². The van der Waals surface area contributed by atoms with E-state index in [0.29, 0.717) is 37.5 Å². The minimum absolute atomic E-state index is 0.137. The molecule has 0 unspecified atom stereocenters. The van der Waals surface area contributed by atoms with E-state index < -0.39 is 5.82 Å². The lowest BCUT2D eigenvalue weighted by Gasteiger charge is -2.26. The molecule has 0 fully saturated rings. The Balaban J connectivity index is 3.07. The second kappa shape index (κ2) is 8.32. The largest absolute Gasteiger partial charge is 0.488 e. The molecule has 0 aromatic heterocycles. The average Bonchev–Trinajstić information content (AvgIpc) is 2.42. The van der Waals surface area contributed by atoms with Crippen LogP contribution in [0.4, 0.5) is 15.8 Å². The maximum Gasteiger partial charge on any atom is 0.167 e. The number of benzene rings is 1. The van der Waals surface area contributed by atoms with Gasteiger partial charge in [0.2, 0.25) is 0 Å². The third-order valence-corrected chi connectivity index (χ3v) is 2.84. The number of halogens is 1. The zero-order chi connectivity index (χ0) is 15.8. The van der Waals surface area contributed by atoms with Gasteiger partial charge in [0, 0.05) is 32.3 Å². The van der Waals surface area contributed by atoms with E-state index in [0.717, 1.165) is 0 Å². The molecule has 116 valence electrons. The Bertz CT molecular complexity index is 500. The minimum Gasteiger partial charge on any atom is -0.488 e. The molecule has 0 aliphatic carbocycles. The molecule has 5 nitrogen and oxygen atoms in total. The number of ether oxygens (including phenoxy) is 2. The van der Waals surface area contributed by atoms with Crippen molar-refractivity contribution in [2.45, 2.75) is 26.4 Å². The summed E-state index contributed by atoms with van der Waals surface area (Å²) in [4.78, 5) is 1.90. The highest BCUT2D eigenvalue weighted by Gasteiger charge is 2.15. The molecule has 1 aromatic carbocycles. The van der Waals surface area contributed by atoms with Crippen LogP contribution in [0.25, 0.3) is 0 Å². The molecule has 2 N–H and O–H groups in total. The molecule has 21 heavy (non-hydrogen) atoms. The van der Waals surface area contributed by atoms with E-state index in [-0.39, 0.29) is 11.9 Å². The van der Waals surface area contributed by atoms with Gasteiger partial charge in [0.1, 0.15) is 0 Å². The molecule has 0 saturated heterocycles. The van der Waals surface area contributed by atoms with Crippen molar-refractivity contribution >= 4 is 11.4 Å². The molecule has 0 saturated carbocycles. The highest BCUT2D eigenvalue weighted by atomic mass is 19.1. The fourth-order valence-electron chi connectivity index (χ4n) is 1.92. The van der Waals surface area contributed by atoms with Crippen LogP contribution in [0.3, 0.4) is 0 Å². The Morgan fingerprint density at radius 1 is 1.38 bits per heavy atom. The molecule has 6 heteroatoms. The number of anilines is 2. The topological polar surface area (TPSA) is 71.5 Å². The number of nitrogen functional groups attached to an aromatic ring is 1. The zero-order valence-electron chi connectivity index (χ0n) is 12.7. The molecule has 0 bridgehead atoms. The fourth-order valence-corrected chi connectivity index (χ4v) is 1.92. The monoisotopic (exact) mass is 295 g/mol. The van der Waals surface area contributed by atoms with Crippen LogP contribution < -0.4 is 15.4 Å². The predicted molar refractivity (Wildman–Crippen MR) is 80.9 cm³/mol. The summed E-state index contributed by atoms with van der Waals surface area (Å²) >= 11 is 0. The van der Waals surface area contributed by atoms with E-state index >= 15 is 0 Å². The molecule has 0 radical (unpaired) electrons. The molecule has 1 aromatic rings. The average molecular weight is 295 g/mol. The van der Waals surface area contributed by atoms with Crippen LogP contribution in [0.15, 0.2) is 12.1 Å².